The van der Waals surface area contributed by atoms with E-state index in [1.807, 2.05) is 36.4 Å². The zero-order valence-electron chi connectivity index (χ0n) is 13.8. The summed E-state index contributed by atoms with van der Waals surface area (Å²) < 4.78 is 2.16. The van der Waals surface area contributed by atoms with Crippen molar-refractivity contribution in [2.75, 3.05) is 5.32 Å². The van der Waals surface area contributed by atoms with Gasteiger partial charge in [0.05, 0.1) is 11.0 Å². The van der Waals surface area contributed by atoms with Crippen molar-refractivity contribution in [2.45, 2.75) is 13.8 Å². The Labute approximate surface area is 141 Å². The molecule has 0 aliphatic heterocycles. The molecule has 0 unspecified atom stereocenters. The van der Waals surface area contributed by atoms with Crippen LogP contribution in [0.3, 0.4) is 0 Å². The molecule has 4 aromatic rings. The predicted octanol–water partition coefficient (Wildman–Crippen LogP) is 5.39. The summed E-state index contributed by atoms with van der Waals surface area (Å²) in [5.74, 6) is 0.828. The van der Waals surface area contributed by atoms with Crippen LogP contribution in [0.5, 0.6) is 0 Å². The predicted molar refractivity (Wildman–Crippen MR) is 100 cm³/mol. The molecule has 0 radical (unpaired) electrons. The second-order valence-electron chi connectivity index (χ2n) is 6.04. The first kappa shape index (κ1) is 14.5. The molecule has 4 rings (SSSR count). The Morgan fingerprint density at radius 2 is 1.58 bits per heavy atom. The molecule has 1 N–H and O–H groups in total. The fourth-order valence-corrected chi connectivity index (χ4v) is 3.02. The van der Waals surface area contributed by atoms with E-state index in [1.165, 1.54) is 11.1 Å². The molecule has 24 heavy (non-hydrogen) atoms. The van der Waals surface area contributed by atoms with Gasteiger partial charge in [0.2, 0.25) is 5.95 Å². The van der Waals surface area contributed by atoms with Gasteiger partial charge >= 0.3 is 0 Å². The van der Waals surface area contributed by atoms with Gasteiger partial charge in [0.25, 0.3) is 0 Å². The zero-order valence-corrected chi connectivity index (χ0v) is 13.8. The first-order chi connectivity index (χ1) is 11.7. The van der Waals surface area contributed by atoms with E-state index < -0.39 is 0 Å². The average molecular weight is 313 g/mol. The third kappa shape index (κ3) is 2.54. The number of rotatable bonds is 3. The zero-order chi connectivity index (χ0) is 16.5. The van der Waals surface area contributed by atoms with Crippen molar-refractivity contribution in [3.63, 3.8) is 0 Å². The van der Waals surface area contributed by atoms with Gasteiger partial charge in [-0.25, -0.2) is 4.98 Å². The van der Waals surface area contributed by atoms with Crippen LogP contribution in [0.2, 0.25) is 0 Å². The van der Waals surface area contributed by atoms with E-state index in [2.05, 4.69) is 60.1 Å². The maximum Gasteiger partial charge on any atom is 0.213 e. The van der Waals surface area contributed by atoms with Crippen LogP contribution in [0.1, 0.15) is 11.1 Å². The molecule has 0 bridgehead atoms. The molecule has 3 nitrogen and oxygen atoms in total. The van der Waals surface area contributed by atoms with Gasteiger partial charge in [-0.3, -0.25) is 4.57 Å². The van der Waals surface area contributed by atoms with Crippen LogP contribution in [0.15, 0.2) is 72.8 Å². The molecular weight excluding hydrogens is 294 g/mol. The average Bonchev–Trinajstić information content (AvgIpc) is 2.96. The number of nitrogens with one attached hydrogen (secondary N) is 1. The number of aromatic nitrogens is 2. The van der Waals surface area contributed by atoms with Crippen LogP contribution in [0, 0.1) is 13.8 Å². The summed E-state index contributed by atoms with van der Waals surface area (Å²) in [5, 5.41) is 3.51. The molecule has 1 aromatic heterocycles. The number of imidazole rings is 1. The standard InChI is InChI=1S/C21H19N3/c1-15-12-13-18(16(2)14-15)22-21-23-19-10-6-7-11-20(19)24(21)17-8-4-3-5-9-17/h3-14H,1-2H3,(H,22,23). The van der Waals surface area contributed by atoms with Gasteiger partial charge in [0, 0.05) is 11.4 Å². The fraction of sp³-hybridized carbons (Fsp3) is 0.0952. The summed E-state index contributed by atoms with van der Waals surface area (Å²) in [6.07, 6.45) is 0. The van der Waals surface area contributed by atoms with E-state index in [-0.39, 0.29) is 0 Å². The van der Waals surface area contributed by atoms with Crippen LogP contribution < -0.4 is 5.32 Å². The van der Waals surface area contributed by atoms with Crippen molar-refractivity contribution in [3.05, 3.63) is 83.9 Å². The molecule has 0 saturated heterocycles. The van der Waals surface area contributed by atoms with E-state index in [0.717, 1.165) is 28.4 Å². The lowest BCUT2D eigenvalue weighted by Crippen LogP contribution is -2.02. The molecule has 0 saturated carbocycles. The van der Waals surface area contributed by atoms with E-state index >= 15 is 0 Å². The first-order valence-corrected chi connectivity index (χ1v) is 8.09. The van der Waals surface area contributed by atoms with Crippen molar-refractivity contribution >= 4 is 22.7 Å². The highest BCUT2D eigenvalue weighted by molar-refractivity contribution is 5.82. The normalized spacial score (nSPS) is 10.9. The fourth-order valence-electron chi connectivity index (χ4n) is 3.02. The van der Waals surface area contributed by atoms with Gasteiger partial charge in [-0.1, -0.05) is 48.0 Å². The molecule has 1 heterocycles. The number of anilines is 2. The number of hydrogen-bond acceptors (Lipinski definition) is 2. The second kappa shape index (κ2) is 5.85. The van der Waals surface area contributed by atoms with Gasteiger partial charge in [-0.05, 0) is 49.7 Å². The van der Waals surface area contributed by atoms with Crippen molar-refractivity contribution in [3.8, 4) is 5.69 Å². The molecular formula is C21H19N3. The number of benzene rings is 3. The Hall–Kier alpha value is -3.07. The van der Waals surface area contributed by atoms with Crippen LogP contribution >= 0.6 is 0 Å². The first-order valence-electron chi connectivity index (χ1n) is 8.09. The SMILES string of the molecule is Cc1ccc(Nc2nc3ccccc3n2-c2ccccc2)c(C)c1. The number of aryl methyl sites for hydroxylation is 2. The van der Waals surface area contributed by atoms with Gasteiger partial charge in [0.1, 0.15) is 0 Å². The van der Waals surface area contributed by atoms with Crippen molar-refractivity contribution in [1.29, 1.82) is 0 Å². The topological polar surface area (TPSA) is 29.9 Å². The molecule has 0 fully saturated rings. The minimum atomic E-state index is 0.828. The van der Waals surface area contributed by atoms with Crippen LogP contribution in [-0.4, -0.2) is 9.55 Å². The number of para-hydroxylation sites is 3. The summed E-state index contributed by atoms with van der Waals surface area (Å²) in [6, 6.07) is 24.9. The molecule has 3 aromatic carbocycles. The minimum absolute atomic E-state index is 0.828. The van der Waals surface area contributed by atoms with Crippen molar-refractivity contribution < 1.29 is 0 Å². The number of nitrogens with zero attached hydrogens (tertiary/aromatic N) is 2. The smallest absolute Gasteiger partial charge is 0.213 e. The van der Waals surface area contributed by atoms with Gasteiger partial charge in [0.15, 0.2) is 0 Å². The van der Waals surface area contributed by atoms with Crippen LogP contribution in [-0.2, 0) is 0 Å². The summed E-state index contributed by atoms with van der Waals surface area (Å²) in [4.78, 5) is 4.80. The quantitative estimate of drug-likeness (QED) is 0.550. The monoisotopic (exact) mass is 313 g/mol. The van der Waals surface area contributed by atoms with Crippen LogP contribution in [0.4, 0.5) is 11.6 Å². The Balaban J connectivity index is 1.89. The largest absolute Gasteiger partial charge is 0.325 e. The lowest BCUT2D eigenvalue weighted by Gasteiger charge is -2.13. The van der Waals surface area contributed by atoms with Crippen LogP contribution in [0.25, 0.3) is 16.7 Å². The van der Waals surface area contributed by atoms with Crippen molar-refractivity contribution in [1.82, 2.24) is 9.55 Å². The highest BCUT2D eigenvalue weighted by Gasteiger charge is 2.12. The van der Waals surface area contributed by atoms with E-state index in [9.17, 15) is 0 Å². The van der Waals surface area contributed by atoms with Gasteiger partial charge in [-0.2, -0.15) is 0 Å². The Morgan fingerprint density at radius 1 is 0.833 bits per heavy atom. The summed E-state index contributed by atoms with van der Waals surface area (Å²) >= 11 is 0. The summed E-state index contributed by atoms with van der Waals surface area (Å²) in [6.45, 7) is 4.22. The maximum absolute atomic E-state index is 4.80. The minimum Gasteiger partial charge on any atom is -0.325 e. The lowest BCUT2D eigenvalue weighted by atomic mass is 10.1. The highest BCUT2D eigenvalue weighted by Crippen LogP contribution is 2.28. The maximum atomic E-state index is 4.80. The Morgan fingerprint density at radius 3 is 2.38 bits per heavy atom. The molecule has 0 atom stereocenters. The van der Waals surface area contributed by atoms with Gasteiger partial charge < -0.3 is 5.32 Å². The third-order valence-corrected chi connectivity index (χ3v) is 4.20. The molecule has 0 aliphatic rings. The number of fused-ring (bicyclic) bond motifs is 1. The second-order valence-corrected chi connectivity index (χ2v) is 6.04. The van der Waals surface area contributed by atoms with E-state index in [0.29, 0.717) is 0 Å². The summed E-state index contributed by atoms with van der Waals surface area (Å²) in [7, 11) is 0. The van der Waals surface area contributed by atoms with Gasteiger partial charge in [-0.15, -0.1) is 0 Å². The number of hydrogen-bond donors (Lipinski definition) is 1. The summed E-state index contributed by atoms with van der Waals surface area (Å²) in [5.41, 5.74) is 6.72. The van der Waals surface area contributed by atoms with E-state index in [4.69, 9.17) is 4.98 Å². The highest BCUT2D eigenvalue weighted by atomic mass is 15.2. The Bertz CT molecular complexity index is 1000. The van der Waals surface area contributed by atoms with E-state index in [1.54, 1.807) is 0 Å². The molecule has 0 amide bonds. The molecule has 0 aliphatic carbocycles. The lowest BCUT2D eigenvalue weighted by molar-refractivity contribution is 1.09. The molecule has 0 spiro atoms. The Kier molecular flexibility index (Phi) is 3.54. The molecule has 3 heteroatoms. The van der Waals surface area contributed by atoms with Crippen molar-refractivity contribution in [2.24, 2.45) is 0 Å². The third-order valence-electron chi connectivity index (χ3n) is 4.20. The molecule has 118 valence electrons.